The molecule has 1 amide bonds. The molecule has 3 aromatic carbocycles. The van der Waals surface area contributed by atoms with Crippen molar-refractivity contribution >= 4 is 34.5 Å². The monoisotopic (exact) mass is 322 g/mol. The molecule has 114 valence electrons. The van der Waals surface area contributed by atoms with Gasteiger partial charge in [0.2, 0.25) is 0 Å². The fraction of sp³-hybridized carbons (Fsp3) is 0.0526. The third-order valence-electron chi connectivity index (χ3n) is 3.59. The minimum absolute atomic E-state index is 0.224. The molecule has 0 atom stereocenters. The van der Waals surface area contributed by atoms with Gasteiger partial charge in [-0.25, -0.2) is 5.43 Å². The van der Waals surface area contributed by atoms with Gasteiger partial charge in [-0.3, -0.25) is 4.79 Å². The predicted molar refractivity (Wildman–Crippen MR) is 95.2 cm³/mol. The van der Waals surface area contributed by atoms with Crippen LogP contribution < -0.4 is 5.43 Å². The van der Waals surface area contributed by atoms with Crippen LogP contribution in [0, 0.1) is 6.92 Å². The Balaban J connectivity index is 1.85. The van der Waals surface area contributed by atoms with Gasteiger partial charge < -0.3 is 0 Å². The molecule has 0 bridgehead atoms. The molecule has 3 aromatic rings. The Morgan fingerprint density at radius 2 is 1.91 bits per heavy atom. The van der Waals surface area contributed by atoms with Crippen LogP contribution in [0.5, 0.6) is 0 Å². The third-order valence-corrected chi connectivity index (χ3v) is 3.83. The molecule has 23 heavy (non-hydrogen) atoms. The number of hydrogen-bond acceptors (Lipinski definition) is 2. The lowest BCUT2D eigenvalue weighted by Gasteiger charge is -2.08. The number of carbonyl (C=O) groups is 1. The highest BCUT2D eigenvalue weighted by molar-refractivity contribution is 6.30. The van der Waals surface area contributed by atoms with Gasteiger partial charge in [-0.1, -0.05) is 60.1 Å². The topological polar surface area (TPSA) is 41.5 Å². The lowest BCUT2D eigenvalue weighted by Crippen LogP contribution is -2.19. The summed E-state index contributed by atoms with van der Waals surface area (Å²) in [5.41, 5.74) is 4.97. The summed E-state index contributed by atoms with van der Waals surface area (Å²) in [5.74, 6) is -0.224. The third kappa shape index (κ3) is 3.41. The van der Waals surface area contributed by atoms with E-state index in [2.05, 4.69) is 10.5 Å². The van der Waals surface area contributed by atoms with Gasteiger partial charge in [0, 0.05) is 5.02 Å². The summed E-state index contributed by atoms with van der Waals surface area (Å²) in [7, 11) is 0. The Morgan fingerprint density at radius 1 is 1.09 bits per heavy atom. The summed E-state index contributed by atoms with van der Waals surface area (Å²) in [6, 6.07) is 19.0. The second-order valence-electron chi connectivity index (χ2n) is 5.23. The largest absolute Gasteiger partial charge is 0.272 e. The summed E-state index contributed by atoms with van der Waals surface area (Å²) >= 11 is 5.92. The van der Waals surface area contributed by atoms with Gasteiger partial charge in [-0.2, -0.15) is 5.10 Å². The van der Waals surface area contributed by atoms with Crippen molar-refractivity contribution in [2.24, 2.45) is 5.10 Å². The van der Waals surface area contributed by atoms with E-state index in [0.717, 1.165) is 21.9 Å². The number of amides is 1. The van der Waals surface area contributed by atoms with Crippen molar-refractivity contribution in [2.45, 2.75) is 6.92 Å². The lowest BCUT2D eigenvalue weighted by atomic mass is 9.99. The van der Waals surface area contributed by atoms with E-state index in [1.165, 1.54) is 0 Å². The second-order valence-corrected chi connectivity index (χ2v) is 5.67. The smallest absolute Gasteiger partial charge is 0.267 e. The summed E-state index contributed by atoms with van der Waals surface area (Å²) in [4.78, 5) is 12.5. The Labute approximate surface area is 139 Å². The second kappa shape index (κ2) is 6.63. The minimum Gasteiger partial charge on any atom is -0.267 e. The van der Waals surface area contributed by atoms with E-state index < -0.39 is 0 Å². The summed E-state index contributed by atoms with van der Waals surface area (Å²) < 4.78 is 0. The zero-order chi connectivity index (χ0) is 16.2. The lowest BCUT2D eigenvalue weighted by molar-refractivity contribution is 0.0956. The van der Waals surface area contributed by atoms with E-state index >= 15 is 0 Å². The molecular formula is C19H15ClN2O. The first-order chi connectivity index (χ1) is 11.1. The van der Waals surface area contributed by atoms with Gasteiger partial charge in [0.1, 0.15) is 0 Å². The number of aryl methyl sites for hydroxylation is 1. The molecule has 3 nitrogen and oxygen atoms in total. The highest BCUT2D eigenvalue weighted by Crippen LogP contribution is 2.22. The number of hydrogen-bond donors (Lipinski definition) is 1. The van der Waals surface area contributed by atoms with Crippen LogP contribution in [0.15, 0.2) is 65.8 Å². The molecule has 0 aliphatic rings. The zero-order valence-electron chi connectivity index (χ0n) is 12.6. The average Bonchev–Trinajstić information content (AvgIpc) is 2.54. The Kier molecular flexibility index (Phi) is 4.40. The molecule has 4 heteroatoms. The average molecular weight is 323 g/mol. The van der Waals surface area contributed by atoms with Gasteiger partial charge in [0.25, 0.3) is 5.91 Å². The summed E-state index contributed by atoms with van der Waals surface area (Å²) in [6.45, 7) is 1.92. The fourth-order valence-corrected chi connectivity index (χ4v) is 2.69. The van der Waals surface area contributed by atoms with E-state index in [1.54, 1.807) is 18.3 Å². The van der Waals surface area contributed by atoms with Crippen LogP contribution in [0.4, 0.5) is 0 Å². The van der Waals surface area contributed by atoms with E-state index in [1.807, 2.05) is 55.5 Å². The van der Waals surface area contributed by atoms with Gasteiger partial charge in [-0.15, -0.1) is 0 Å². The number of nitrogens with one attached hydrogen (secondary N) is 1. The van der Waals surface area contributed by atoms with E-state index in [9.17, 15) is 4.79 Å². The van der Waals surface area contributed by atoms with Crippen LogP contribution in [0.25, 0.3) is 10.8 Å². The van der Waals surface area contributed by atoms with E-state index in [-0.39, 0.29) is 5.91 Å². The molecule has 0 heterocycles. The van der Waals surface area contributed by atoms with Gasteiger partial charge in [-0.05, 0) is 41.0 Å². The molecule has 0 unspecified atom stereocenters. The zero-order valence-corrected chi connectivity index (χ0v) is 13.3. The molecular weight excluding hydrogens is 308 g/mol. The highest BCUT2D eigenvalue weighted by atomic mass is 35.5. The van der Waals surface area contributed by atoms with Gasteiger partial charge in [0.05, 0.1) is 11.8 Å². The van der Waals surface area contributed by atoms with E-state index in [0.29, 0.717) is 10.6 Å². The molecule has 0 spiro atoms. The minimum atomic E-state index is -0.224. The Bertz CT molecular complexity index is 903. The van der Waals surface area contributed by atoms with Crippen molar-refractivity contribution in [1.82, 2.24) is 5.43 Å². The molecule has 3 rings (SSSR count). The van der Waals surface area contributed by atoms with Crippen LogP contribution in [0.1, 0.15) is 21.5 Å². The number of halogens is 1. The van der Waals surface area contributed by atoms with Crippen LogP contribution in [0.2, 0.25) is 5.02 Å². The standard InChI is InChI=1S/C19H15ClN2O/c1-13-9-10-15-6-2-3-8-17(15)18(13)19(23)22-21-12-14-5-4-7-16(20)11-14/h2-12H,1H3,(H,22,23)/b21-12-. The van der Waals surface area contributed by atoms with Crippen molar-refractivity contribution in [3.63, 3.8) is 0 Å². The first-order valence-electron chi connectivity index (χ1n) is 7.22. The maximum atomic E-state index is 12.5. The number of carbonyl (C=O) groups excluding carboxylic acids is 1. The van der Waals surface area contributed by atoms with Crippen molar-refractivity contribution in [3.8, 4) is 0 Å². The quantitative estimate of drug-likeness (QED) is 0.557. The van der Waals surface area contributed by atoms with Crippen LogP contribution in [-0.4, -0.2) is 12.1 Å². The molecule has 0 aliphatic heterocycles. The first-order valence-corrected chi connectivity index (χ1v) is 7.60. The van der Waals surface area contributed by atoms with Crippen molar-refractivity contribution in [1.29, 1.82) is 0 Å². The first kappa shape index (κ1) is 15.3. The molecule has 0 aliphatic carbocycles. The fourth-order valence-electron chi connectivity index (χ4n) is 2.49. The number of benzene rings is 3. The van der Waals surface area contributed by atoms with Crippen molar-refractivity contribution in [2.75, 3.05) is 0 Å². The molecule has 0 aromatic heterocycles. The van der Waals surface area contributed by atoms with Gasteiger partial charge >= 0.3 is 0 Å². The normalized spacial score (nSPS) is 11.0. The van der Waals surface area contributed by atoms with Crippen LogP contribution >= 0.6 is 11.6 Å². The Morgan fingerprint density at radius 3 is 2.74 bits per heavy atom. The molecule has 0 saturated heterocycles. The molecule has 0 radical (unpaired) electrons. The van der Waals surface area contributed by atoms with Crippen LogP contribution in [-0.2, 0) is 0 Å². The maximum absolute atomic E-state index is 12.5. The molecule has 0 fully saturated rings. The van der Waals surface area contributed by atoms with Crippen LogP contribution in [0.3, 0.4) is 0 Å². The SMILES string of the molecule is Cc1ccc2ccccc2c1C(=O)N/N=C\c1cccc(Cl)c1. The summed E-state index contributed by atoms with van der Waals surface area (Å²) in [6.07, 6.45) is 1.57. The number of nitrogens with zero attached hydrogens (tertiary/aromatic N) is 1. The van der Waals surface area contributed by atoms with E-state index in [4.69, 9.17) is 11.6 Å². The Hall–Kier alpha value is -2.65. The summed E-state index contributed by atoms with van der Waals surface area (Å²) in [5, 5.41) is 6.60. The number of hydrazone groups is 1. The molecule has 0 saturated carbocycles. The number of fused-ring (bicyclic) bond motifs is 1. The maximum Gasteiger partial charge on any atom is 0.272 e. The predicted octanol–water partition coefficient (Wildman–Crippen LogP) is 4.57. The highest BCUT2D eigenvalue weighted by Gasteiger charge is 2.12. The molecule has 1 N–H and O–H groups in total. The number of rotatable bonds is 3. The van der Waals surface area contributed by atoms with Crippen molar-refractivity contribution < 1.29 is 4.79 Å². The van der Waals surface area contributed by atoms with Gasteiger partial charge in [0.15, 0.2) is 0 Å². The van der Waals surface area contributed by atoms with Crippen molar-refractivity contribution in [3.05, 3.63) is 82.4 Å².